The number of carbonyl (C=O) groups is 1. The highest BCUT2D eigenvalue weighted by Gasteiger charge is 2.24. The first-order chi connectivity index (χ1) is 6.93. The first-order valence-electron chi connectivity index (χ1n) is 5.31. The molecule has 0 saturated heterocycles. The van der Waals surface area contributed by atoms with Crippen molar-refractivity contribution in [3.63, 3.8) is 0 Å². The molecule has 0 saturated carbocycles. The standard InChI is InChI=1S/C13H19NO/c1-10(2)13(3,4)14-12(15)11-8-6-5-7-9-11/h5-10H,1-4H3,(H,14,15). The number of nitrogens with one attached hydrogen (secondary N) is 1. The molecule has 0 radical (unpaired) electrons. The smallest absolute Gasteiger partial charge is 0.251 e. The van der Waals surface area contributed by atoms with Crippen LogP contribution in [0.3, 0.4) is 0 Å². The maximum Gasteiger partial charge on any atom is 0.251 e. The van der Waals surface area contributed by atoms with Crippen molar-refractivity contribution < 1.29 is 4.79 Å². The first-order valence-corrected chi connectivity index (χ1v) is 5.31. The molecular weight excluding hydrogens is 186 g/mol. The van der Waals surface area contributed by atoms with Crippen molar-refractivity contribution in [2.24, 2.45) is 5.92 Å². The molecule has 1 N–H and O–H groups in total. The molecule has 0 spiro atoms. The molecule has 0 aliphatic rings. The highest BCUT2D eigenvalue weighted by atomic mass is 16.1. The molecule has 1 rings (SSSR count). The van der Waals surface area contributed by atoms with Crippen molar-refractivity contribution in [3.8, 4) is 0 Å². The van der Waals surface area contributed by atoms with E-state index in [9.17, 15) is 4.79 Å². The number of hydrogen-bond donors (Lipinski definition) is 1. The Labute approximate surface area is 91.7 Å². The second kappa shape index (κ2) is 4.47. The van der Waals surface area contributed by atoms with Gasteiger partial charge in [-0.05, 0) is 31.9 Å². The van der Waals surface area contributed by atoms with Gasteiger partial charge in [0.1, 0.15) is 0 Å². The average molecular weight is 205 g/mol. The average Bonchev–Trinajstić information content (AvgIpc) is 2.18. The van der Waals surface area contributed by atoms with Crippen molar-refractivity contribution in [3.05, 3.63) is 35.9 Å². The molecule has 0 atom stereocenters. The Bertz CT molecular complexity index is 328. The Morgan fingerprint density at radius 2 is 1.73 bits per heavy atom. The molecule has 1 amide bonds. The van der Waals surface area contributed by atoms with Gasteiger partial charge >= 0.3 is 0 Å². The summed E-state index contributed by atoms with van der Waals surface area (Å²) in [5.74, 6) is 0.402. The van der Waals surface area contributed by atoms with E-state index in [0.29, 0.717) is 11.5 Å². The van der Waals surface area contributed by atoms with Gasteiger partial charge in [-0.3, -0.25) is 4.79 Å². The predicted octanol–water partition coefficient (Wildman–Crippen LogP) is 2.85. The Balaban J connectivity index is 2.73. The Kier molecular flexibility index (Phi) is 3.51. The quantitative estimate of drug-likeness (QED) is 0.807. The molecule has 0 aliphatic carbocycles. The van der Waals surface area contributed by atoms with Crippen molar-refractivity contribution in [1.82, 2.24) is 5.32 Å². The van der Waals surface area contributed by atoms with E-state index in [1.165, 1.54) is 0 Å². The van der Waals surface area contributed by atoms with Crippen LogP contribution in [0.2, 0.25) is 0 Å². The predicted molar refractivity (Wildman–Crippen MR) is 62.8 cm³/mol. The topological polar surface area (TPSA) is 29.1 Å². The molecule has 2 nitrogen and oxygen atoms in total. The van der Waals surface area contributed by atoms with E-state index >= 15 is 0 Å². The third-order valence-corrected chi connectivity index (χ3v) is 2.92. The van der Waals surface area contributed by atoms with Crippen LogP contribution >= 0.6 is 0 Å². The van der Waals surface area contributed by atoms with E-state index in [4.69, 9.17) is 0 Å². The fourth-order valence-corrected chi connectivity index (χ4v) is 1.10. The van der Waals surface area contributed by atoms with Crippen molar-refractivity contribution in [1.29, 1.82) is 0 Å². The summed E-state index contributed by atoms with van der Waals surface area (Å²) in [5.41, 5.74) is 0.540. The first kappa shape index (κ1) is 11.8. The molecule has 2 heteroatoms. The van der Waals surface area contributed by atoms with Gasteiger partial charge in [-0.1, -0.05) is 32.0 Å². The highest BCUT2D eigenvalue weighted by Crippen LogP contribution is 2.15. The van der Waals surface area contributed by atoms with Gasteiger partial charge in [0.05, 0.1) is 0 Å². The second-order valence-corrected chi connectivity index (χ2v) is 4.70. The third-order valence-electron chi connectivity index (χ3n) is 2.92. The van der Waals surface area contributed by atoms with Crippen LogP contribution in [-0.2, 0) is 0 Å². The highest BCUT2D eigenvalue weighted by molar-refractivity contribution is 5.94. The third kappa shape index (κ3) is 3.08. The number of benzene rings is 1. The minimum absolute atomic E-state index is 0.00528. The summed E-state index contributed by atoms with van der Waals surface area (Å²) < 4.78 is 0. The van der Waals surface area contributed by atoms with Gasteiger partial charge < -0.3 is 5.32 Å². The Morgan fingerprint density at radius 1 is 1.20 bits per heavy atom. The summed E-state index contributed by atoms with van der Waals surface area (Å²) in [6, 6.07) is 9.30. The lowest BCUT2D eigenvalue weighted by atomic mass is 9.90. The van der Waals surface area contributed by atoms with Crippen LogP contribution in [0, 0.1) is 5.92 Å². The molecule has 1 aromatic rings. The van der Waals surface area contributed by atoms with Gasteiger partial charge in [-0.15, -0.1) is 0 Å². The summed E-state index contributed by atoms with van der Waals surface area (Å²) in [4.78, 5) is 11.9. The number of hydrogen-bond acceptors (Lipinski definition) is 1. The molecule has 1 aromatic carbocycles. The molecule has 0 unspecified atom stereocenters. The maximum atomic E-state index is 11.9. The van der Waals surface area contributed by atoms with Crippen LogP contribution < -0.4 is 5.32 Å². The van der Waals surface area contributed by atoms with Gasteiger partial charge in [-0.2, -0.15) is 0 Å². The van der Waals surface area contributed by atoms with Crippen LogP contribution in [0.15, 0.2) is 30.3 Å². The van der Waals surface area contributed by atoms with Gasteiger partial charge in [-0.25, -0.2) is 0 Å². The molecular formula is C13H19NO. The number of carbonyl (C=O) groups excluding carboxylic acids is 1. The lowest BCUT2D eigenvalue weighted by molar-refractivity contribution is 0.0890. The fraction of sp³-hybridized carbons (Fsp3) is 0.462. The SMILES string of the molecule is CC(C)C(C)(C)NC(=O)c1ccccc1. The lowest BCUT2D eigenvalue weighted by Crippen LogP contribution is -2.47. The van der Waals surface area contributed by atoms with E-state index in [0.717, 1.165) is 0 Å². The summed E-state index contributed by atoms with van der Waals surface area (Å²) in [6.07, 6.45) is 0. The maximum absolute atomic E-state index is 11.9. The second-order valence-electron chi connectivity index (χ2n) is 4.70. The summed E-state index contributed by atoms with van der Waals surface area (Å²) >= 11 is 0. The molecule has 0 bridgehead atoms. The van der Waals surface area contributed by atoms with E-state index in [1.807, 2.05) is 44.2 Å². The van der Waals surface area contributed by atoms with Gasteiger partial charge in [0.15, 0.2) is 0 Å². The minimum Gasteiger partial charge on any atom is -0.347 e. The Hall–Kier alpha value is -1.31. The van der Waals surface area contributed by atoms with Gasteiger partial charge in [0.2, 0.25) is 0 Å². The molecule has 0 aliphatic heterocycles. The van der Waals surface area contributed by atoms with Crippen LogP contribution in [0.1, 0.15) is 38.1 Å². The monoisotopic (exact) mass is 205 g/mol. The van der Waals surface area contributed by atoms with Crippen LogP contribution in [0.25, 0.3) is 0 Å². The molecule has 15 heavy (non-hydrogen) atoms. The molecule has 0 heterocycles. The van der Waals surface area contributed by atoms with Gasteiger partial charge in [0.25, 0.3) is 5.91 Å². The molecule has 0 fully saturated rings. The summed E-state index contributed by atoms with van der Waals surface area (Å²) in [5, 5.41) is 3.03. The van der Waals surface area contributed by atoms with Crippen molar-refractivity contribution >= 4 is 5.91 Å². The number of rotatable bonds is 3. The summed E-state index contributed by atoms with van der Waals surface area (Å²) in [6.45, 7) is 8.29. The summed E-state index contributed by atoms with van der Waals surface area (Å²) in [7, 11) is 0. The molecule has 82 valence electrons. The van der Waals surface area contributed by atoms with E-state index in [1.54, 1.807) is 0 Å². The van der Waals surface area contributed by atoms with Crippen LogP contribution in [-0.4, -0.2) is 11.4 Å². The fourth-order valence-electron chi connectivity index (χ4n) is 1.10. The largest absolute Gasteiger partial charge is 0.347 e. The number of amides is 1. The Morgan fingerprint density at radius 3 is 2.20 bits per heavy atom. The van der Waals surface area contributed by atoms with E-state index in [-0.39, 0.29) is 11.4 Å². The normalized spacial score (nSPS) is 11.5. The van der Waals surface area contributed by atoms with Crippen molar-refractivity contribution in [2.75, 3.05) is 0 Å². The van der Waals surface area contributed by atoms with Gasteiger partial charge in [0, 0.05) is 11.1 Å². The minimum atomic E-state index is -0.174. The van der Waals surface area contributed by atoms with E-state index in [2.05, 4.69) is 19.2 Å². The van der Waals surface area contributed by atoms with Crippen LogP contribution in [0.5, 0.6) is 0 Å². The van der Waals surface area contributed by atoms with Crippen LogP contribution in [0.4, 0.5) is 0 Å². The lowest BCUT2D eigenvalue weighted by Gasteiger charge is -2.30. The zero-order valence-corrected chi connectivity index (χ0v) is 9.87. The molecule has 0 aromatic heterocycles. The van der Waals surface area contributed by atoms with Crippen molar-refractivity contribution in [2.45, 2.75) is 33.2 Å². The van der Waals surface area contributed by atoms with E-state index < -0.39 is 0 Å². The zero-order valence-electron chi connectivity index (χ0n) is 9.87. The zero-order chi connectivity index (χ0) is 11.5.